The Kier molecular flexibility index (Phi) is 10.2. The normalized spacial score (nSPS) is 15.8. The number of halogens is 2. The molecule has 0 spiro atoms. The number of aliphatic hydroxyl groups excluding tert-OH is 1. The first-order valence-electron chi connectivity index (χ1n) is 15.2. The Morgan fingerprint density at radius 2 is 1.73 bits per heavy atom. The number of aromatic nitrogens is 2. The zero-order chi connectivity index (χ0) is 33.9. The molecule has 1 fully saturated rings. The molecular formula is C37H31Cl2N3O4S2. The molecule has 1 unspecified atom stereocenters. The van der Waals surface area contributed by atoms with E-state index in [1.807, 2.05) is 55.5 Å². The smallest absolute Gasteiger partial charge is 0.301 e. The molecule has 1 amide bonds. The van der Waals surface area contributed by atoms with Gasteiger partial charge < -0.3 is 9.84 Å². The van der Waals surface area contributed by atoms with E-state index in [0.717, 1.165) is 22.3 Å². The fraction of sp³-hybridized carbons (Fsp3) is 0.189. The van der Waals surface area contributed by atoms with Crippen molar-refractivity contribution >= 4 is 68.9 Å². The number of hydrogen-bond acceptors (Lipinski definition) is 8. The van der Waals surface area contributed by atoms with Crippen LogP contribution in [0.2, 0.25) is 10.0 Å². The molecule has 1 atom stereocenters. The summed E-state index contributed by atoms with van der Waals surface area (Å²) in [7, 11) is 0. The fourth-order valence-electron chi connectivity index (χ4n) is 5.38. The largest absolute Gasteiger partial charge is 0.507 e. The van der Waals surface area contributed by atoms with E-state index in [4.69, 9.17) is 27.9 Å². The molecule has 1 aliphatic heterocycles. The molecule has 0 saturated carbocycles. The van der Waals surface area contributed by atoms with E-state index in [1.165, 1.54) is 28.0 Å². The van der Waals surface area contributed by atoms with Crippen LogP contribution in [0.4, 0.5) is 5.13 Å². The molecule has 6 rings (SSSR count). The summed E-state index contributed by atoms with van der Waals surface area (Å²) in [4.78, 5) is 28.7. The number of Topliss-reactive ketones (excluding diaryl/α,β-unsaturated/α-hetero) is 1. The highest BCUT2D eigenvalue weighted by Gasteiger charge is 2.48. The summed E-state index contributed by atoms with van der Waals surface area (Å²) in [5.41, 5.74) is 5.18. The number of aryl methyl sites for hydroxylation is 1. The van der Waals surface area contributed by atoms with Crippen molar-refractivity contribution in [3.05, 3.63) is 140 Å². The standard InChI is InChI=1S/C37H31Cl2N3O4S2/c1-21(2)24-7-9-25(10-8-24)32-31(33(43)26-12-15-29(16-13-26)46-19-23-6-4-5-22(3)17-23)34(44)35(45)42(32)36-40-41-37(48-36)47-20-27-11-14-28(38)18-30(27)39/h4-18,21,32,43H,19-20H2,1-3H3. The Morgan fingerprint density at radius 1 is 0.979 bits per heavy atom. The topological polar surface area (TPSA) is 92.6 Å². The fourth-order valence-corrected chi connectivity index (χ4v) is 7.80. The number of aliphatic hydroxyl groups is 1. The number of thioether (sulfide) groups is 1. The quantitative estimate of drug-likeness (QED) is 0.0506. The molecular weight excluding hydrogens is 685 g/mol. The summed E-state index contributed by atoms with van der Waals surface area (Å²) in [5, 5.41) is 21.6. The Bertz CT molecular complexity index is 2010. The summed E-state index contributed by atoms with van der Waals surface area (Å²) in [5.74, 6) is -0.477. The van der Waals surface area contributed by atoms with E-state index in [-0.39, 0.29) is 22.4 Å². The molecule has 2 heterocycles. The van der Waals surface area contributed by atoms with Crippen molar-refractivity contribution in [3.63, 3.8) is 0 Å². The van der Waals surface area contributed by atoms with Gasteiger partial charge in [0.15, 0.2) is 4.34 Å². The maximum atomic E-state index is 13.7. The van der Waals surface area contributed by atoms with Gasteiger partial charge in [0.2, 0.25) is 5.13 Å². The number of amides is 1. The van der Waals surface area contributed by atoms with Crippen LogP contribution in [0.25, 0.3) is 5.76 Å². The SMILES string of the molecule is Cc1cccc(COc2ccc(C(O)=C3C(=O)C(=O)N(c4nnc(SCc5ccc(Cl)cc5Cl)s4)C3c3ccc(C(C)C)cc3)cc2)c1. The van der Waals surface area contributed by atoms with Gasteiger partial charge in [-0.15, -0.1) is 10.2 Å². The number of benzene rings is 4. The van der Waals surface area contributed by atoms with Gasteiger partial charge in [-0.25, -0.2) is 0 Å². The number of carbonyl (C=O) groups is 2. The maximum absolute atomic E-state index is 13.7. The first-order valence-corrected chi connectivity index (χ1v) is 17.7. The van der Waals surface area contributed by atoms with Gasteiger partial charge in [-0.1, -0.05) is 120 Å². The average molecular weight is 717 g/mol. The van der Waals surface area contributed by atoms with Gasteiger partial charge in [0.25, 0.3) is 5.78 Å². The minimum atomic E-state index is -0.917. The molecule has 48 heavy (non-hydrogen) atoms. The number of ketones is 1. The third kappa shape index (κ3) is 7.29. The summed E-state index contributed by atoms with van der Waals surface area (Å²) in [6.45, 7) is 6.60. The van der Waals surface area contributed by atoms with Gasteiger partial charge >= 0.3 is 5.91 Å². The van der Waals surface area contributed by atoms with E-state index in [2.05, 4.69) is 30.1 Å². The summed E-state index contributed by atoms with van der Waals surface area (Å²) < 4.78 is 6.54. The molecule has 7 nitrogen and oxygen atoms in total. The van der Waals surface area contributed by atoms with Gasteiger partial charge in [-0.2, -0.15) is 0 Å². The molecule has 1 N–H and O–H groups in total. The number of hydrogen-bond donors (Lipinski definition) is 1. The molecule has 0 bridgehead atoms. The summed E-state index contributed by atoms with van der Waals surface area (Å²) >= 11 is 15.0. The van der Waals surface area contributed by atoms with Gasteiger partial charge in [0.1, 0.15) is 18.1 Å². The van der Waals surface area contributed by atoms with E-state index in [0.29, 0.717) is 43.6 Å². The highest BCUT2D eigenvalue weighted by atomic mass is 35.5. The Balaban J connectivity index is 1.31. The molecule has 244 valence electrons. The van der Waals surface area contributed by atoms with Crippen molar-refractivity contribution in [2.75, 3.05) is 4.90 Å². The zero-order valence-electron chi connectivity index (χ0n) is 26.3. The predicted molar refractivity (Wildman–Crippen MR) is 193 cm³/mol. The number of nitrogens with zero attached hydrogens (tertiary/aromatic N) is 3. The first kappa shape index (κ1) is 33.7. The van der Waals surface area contributed by atoms with E-state index in [9.17, 15) is 14.7 Å². The first-order chi connectivity index (χ1) is 23.1. The van der Waals surface area contributed by atoms with Crippen LogP contribution in [0, 0.1) is 6.92 Å². The molecule has 4 aromatic carbocycles. The lowest BCUT2D eigenvalue weighted by Gasteiger charge is -2.23. The number of rotatable bonds is 10. The Morgan fingerprint density at radius 3 is 2.42 bits per heavy atom. The van der Waals surface area contributed by atoms with Gasteiger partial charge in [0.05, 0.1) is 11.6 Å². The molecule has 5 aromatic rings. The second kappa shape index (κ2) is 14.5. The van der Waals surface area contributed by atoms with E-state index >= 15 is 0 Å². The lowest BCUT2D eigenvalue weighted by molar-refractivity contribution is -0.132. The monoisotopic (exact) mass is 715 g/mol. The third-order valence-electron chi connectivity index (χ3n) is 7.95. The van der Waals surface area contributed by atoms with Crippen molar-refractivity contribution in [2.24, 2.45) is 0 Å². The maximum Gasteiger partial charge on any atom is 0.301 e. The highest BCUT2D eigenvalue weighted by molar-refractivity contribution is 8.00. The molecule has 11 heteroatoms. The number of ether oxygens (including phenoxy) is 1. The zero-order valence-corrected chi connectivity index (χ0v) is 29.5. The van der Waals surface area contributed by atoms with Crippen molar-refractivity contribution in [1.29, 1.82) is 0 Å². The lowest BCUT2D eigenvalue weighted by Crippen LogP contribution is -2.29. The van der Waals surface area contributed by atoms with E-state index in [1.54, 1.807) is 36.4 Å². The minimum Gasteiger partial charge on any atom is -0.507 e. The van der Waals surface area contributed by atoms with E-state index < -0.39 is 17.7 Å². The lowest BCUT2D eigenvalue weighted by atomic mass is 9.93. The Hall–Kier alpha value is -4.15. The number of anilines is 1. The predicted octanol–water partition coefficient (Wildman–Crippen LogP) is 9.77. The summed E-state index contributed by atoms with van der Waals surface area (Å²) in [6, 6.07) is 27.0. The van der Waals surface area contributed by atoms with Crippen molar-refractivity contribution in [3.8, 4) is 5.75 Å². The Labute approximate surface area is 297 Å². The van der Waals surface area contributed by atoms with Crippen LogP contribution in [-0.2, 0) is 21.9 Å². The molecule has 1 saturated heterocycles. The average Bonchev–Trinajstić information content (AvgIpc) is 3.65. The van der Waals surface area contributed by atoms with Crippen LogP contribution in [0.5, 0.6) is 5.75 Å². The van der Waals surface area contributed by atoms with Gasteiger partial charge in [-0.3, -0.25) is 14.5 Å². The van der Waals surface area contributed by atoms with Gasteiger partial charge in [-0.05, 0) is 71.5 Å². The van der Waals surface area contributed by atoms with Crippen LogP contribution in [0.3, 0.4) is 0 Å². The second-order valence-corrected chi connectivity index (χ2v) is 14.7. The molecule has 0 radical (unpaired) electrons. The molecule has 0 aliphatic carbocycles. The summed E-state index contributed by atoms with van der Waals surface area (Å²) in [6.07, 6.45) is 0. The van der Waals surface area contributed by atoms with Crippen LogP contribution in [-0.4, -0.2) is 27.0 Å². The van der Waals surface area contributed by atoms with Crippen LogP contribution in [0.1, 0.15) is 59.2 Å². The highest BCUT2D eigenvalue weighted by Crippen LogP contribution is 2.44. The van der Waals surface area contributed by atoms with Crippen molar-refractivity contribution in [2.45, 2.75) is 49.4 Å². The van der Waals surface area contributed by atoms with Crippen molar-refractivity contribution < 1.29 is 19.4 Å². The minimum absolute atomic E-state index is 0.0249. The second-order valence-electron chi connectivity index (χ2n) is 11.7. The van der Waals surface area contributed by atoms with Crippen molar-refractivity contribution in [1.82, 2.24) is 10.2 Å². The van der Waals surface area contributed by atoms with Crippen LogP contribution < -0.4 is 9.64 Å². The van der Waals surface area contributed by atoms with Gasteiger partial charge in [0, 0.05) is 21.4 Å². The van der Waals surface area contributed by atoms with Crippen LogP contribution in [0.15, 0.2) is 101 Å². The molecule has 1 aliphatic rings. The third-order valence-corrected chi connectivity index (χ3v) is 10.6. The van der Waals surface area contributed by atoms with Crippen LogP contribution >= 0.6 is 46.3 Å². The number of carbonyl (C=O) groups excluding carboxylic acids is 2. The molecule has 1 aromatic heterocycles.